The molecule has 0 amide bonds. The van der Waals surface area contributed by atoms with Gasteiger partial charge in [0.2, 0.25) is 5.95 Å². The summed E-state index contributed by atoms with van der Waals surface area (Å²) in [7, 11) is 0. The van der Waals surface area contributed by atoms with Crippen molar-refractivity contribution in [2.75, 3.05) is 49.5 Å². The minimum Gasteiger partial charge on any atom is -0.369 e. The van der Waals surface area contributed by atoms with Crippen molar-refractivity contribution in [2.24, 2.45) is 0 Å². The van der Waals surface area contributed by atoms with Gasteiger partial charge in [-0.15, -0.1) is 11.3 Å². The molecule has 7 nitrogen and oxygen atoms in total. The lowest BCUT2D eigenvalue weighted by atomic mass is 10.1. The molecule has 1 aliphatic heterocycles. The van der Waals surface area contributed by atoms with Crippen LogP contribution in [0.15, 0.2) is 54.4 Å². The molecule has 1 aromatic carbocycles. The first kappa shape index (κ1) is 20.7. The Morgan fingerprint density at radius 1 is 0.969 bits per heavy atom. The number of nitrogens with one attached hydrogen (secondary N) is 1. The van der Waals surface area contributed by atoms with Gasteiger partial charge in [0.05, 0.1) is 5.39 Å². The van der Waals surface area contributed by atoms with E-state index in [9.17, 15) is 4.39 Å². The Labute approximate surface area is 190 Å². The molecule has 1 fully saturated rings. The van der Waals surface area contributed by atoms with Crippen LogP contribution in [0.25, 0.3) is 21.3 Å². The topological polar surface area (TPSA) is 70.1 Å². The SMILES string of the molecule is Fc1ccc(-c2csc3ncnc(NCCCN4CCN(c5ncccn5)CC4)c23)cc1. The third-order valence-corrected chi connectivity index (χ3v) is 6.56. The Hall–Kier alpha value is -3.17. The second-order valence-corrected chi connectivity index (χ2v) is 8.57. The summed E-state index contributed by atoms with van der Waals surface area (Å²) in [5.74, 6) is 1.41. The molecule has 4 aromatic rings. The van der Waals surface area contributed by atoms with Crippen LogP contribution < -0.4 is 10.2 Å². The highest BCUT2D eigenvalue weighted by molar-refractivity contribution is 7.17. The molecule has 0 spiro atoms. The highest BCUT2D eigenvalue weighted by atomic mass is 32.1. The highest BCUT2D eigenvalue weighted by Gasteiger charge is 2.18. The summed E-state index contributed by atoms with van der Waals surface area (Å²) >= 11 is 1.58. The maximum Gasteiger partial charge on any atom is 0.225 e. The minimum atomic E-state index is -0.236. The van der Waals surface area contributed by atoms with Crippen LogP contribution in [0, 0.1) is 5.82 Å². The summed E-state index contributed by atoms with van der Waals surface area (Å²) in [6.07, 6.45) is 6.20. The summed E-state index contributed by atoms with van der Waals surface area (Å²) in [6, 6.07) is 8.41. The van der Waals surface area contributed by atoms with E-state index in [1.807, 2.05) is 6.07 Å². The van der Waals surface area contributed by atoms with Crippen LogP contribution in [0.3, 0.4) is 0 Å². The number of piperazine rings is 1. The fourth-order valence-electron chi connectivity index (χ4n) is 3.99. The van der Waals surface area contributed by atoms with Crippen LogP contribution in [0.5, 0.6) is 0 Å². The van der Waals surface area contributed by atoms with Crippen LogP contribution in [-0.2, 0) is 0 Å². The first-order valence-corrected chi connectivity index (χ1v) is 11.6. The van der Waals surface area contributed by atoms with E-state index in [0.717, 1.165) is 78.8 Å². The predicted molar refractivity (Wildman–Crippen MR) is 127 cm³/mol. The van der Waals surface area contributed by atoms with Crippen LogP contribution in [0.1, 0.15) is 6.42 Å². The number of benzene rings is 1. The smallest absolute Gasteiger partial charge is 0.225 e. The molecule has 0 bridgehead atoms. The number of hydrogen-bond acceptors (Lipinski definition) is 8. The van der Waals surface area contributed by atoms with Crippen molar-refractivity contribution in [1.82, 2.24) is 24.8 Å². The lowest BCUT2D eigenvalue weighted by molar-refractivity contribution is 0.256. The van der Waals surface area contributed by atoms with E-state index in [1.54, 1.807) is 42.2 Å². The number of aromatic nitrogens is 4. The average Bonchev–Trinajstić information content (AvgIpc) is 3.28. The van der Waals surface area contributed by atoms with Gasteiger partial charge in [0.15, 0.2) is 0 Å². The second-order valence-electron chi connectivity index (χ2n) is 7.72. The predicted octanol–water partition coefficient (Wildman–Crippen LogP) is 3.91. The summed E-state index contributed by atoms with van der Waals surface area (Å²) < 4.78 is 13.3. The van der Waals surface area contributed by atoms with Crippen molar-refractivity contribution in [3.8, 4) is 11.1 Å². The van der Waals surface area contributed by atoms with Gasteiger partial charge in [-0.2, -0.15) is 0 Å². The van der Waals surface area contributed by atoms with Crippen molar-refractivity contribution in [3.05, 3.63) is 60.3 Å². The zero-order chi connectivity index (χ0) is 21.8. The average molecular weight is 450 g/mol. The Morgan fingerprint density at radius 3 is 2.53 bits per heavy atom. The number of thiophene rings is 1. The van der Waals surface area contributed by atoms with Crippen LogP contribution in [-0.4, -0.2) is 64.1 Å². The third-order valence-electron chi connectivity index (χ3n) is 5.68. The fourth-order valence-corrected chi connectivity index (χ4v) is 4.90. The molecule has 5 rings (SSSR count). The number of rotatable bonds is 7. The molecule has 0 unspecified atom stereocenters. The van der Waals surface area contributed by atoms with Gasteiger partial charge in [-0.05, 0) is 36.7 Å². The summed E-state index contributed by atoms with van der Waals surface area (Å²) in [5, 5.41) is 6.56. The Bertz CT molecular complexity index is 1160. The Balaban J connectivity index is 1.17. The number of halogens is 1. The van der Waals surface area contributed by atoms with E-state index in [4.69, 9.17) is 0 Å². The molecule has 0 aliphatic carbocycles. The number of nitrogens with zero attached hydrogens (tertiary/aromatic N) is 6. The largest absolute Gasteiger partial charge is 0.369 e. The normalized spacial score (nSPS) is 14.7. The Kier molecular flexibility index (Phi) is 6.17. The molecule has 1 N–H and O–H groups in total. The van der Waals surface area contributed by atoms with Gasteiger partial charge in [-0.1, -0.05) is 12.1 Å². The molecule has 4 heterocycles. The van der Waals surface area contributed by atoms with E-state index in [-0.39, 0.29) is 5.82 Å². The molecule has 164 valence electrons. The maximum atomic E-state index is 13.3. The van der Waals surface area contributed by atoms with Gasteiger partial charge < -0.3 is 10.2 Å². The third kappa shape index (κ3) is 4.53. The molecule has 3 aromatic heterocycles. The summed E-state index contributed by atoms with van der Waals surface area (Å²) in [6.45, 7) is 5.76. The van der Waals surface area contributed by atoms with Crippen LogP contribution in [0.4, 0.5) is 16.2 Å². The van der Waals surface area contributed by atoms with Gasteiger partial charge in [-0.25, -0.2) is 24.3 Å². The van der Waals surface area contributed by atoms with E-state index < -0.39 is 0 Å². The molecule has 1 saturated heterocycles. The van der Waals surface area contributed by atoms with Crippen molar-refractivity contribution in [2.45, 2.75) is 6.42 Å². The number of hydrogen-bond donors (Lipinski definition) is 1. The van der Waals surface area contributed by atoms with Crippen LogP contribution >= 0.6 is 11.3 Å². The molecular weight excluding hydrogens is 425 g/mol. The number of anilines is 2. The van der Waals surface area contributed by atoms with Crippen molar-refractivity contribution < 1.29 is 4.39 Å². The lowest BCUT2D eigenvalue weighted by Crippen LogP contribution is -2.47. The monoisotopic (exact) mass is 449 g/mol. The molecule has 0 atom stereocenters. The zero-order valence-electron chi connectivity index (χ0n) is 17.6. The van der Waals surface area contributed by atoms with Gasteiger partial charge in [0, 0.05) is 56.1 Å². The Morgan fingerprint density at radius 2 is 1.75 bits per heavy atom. The second kappa shape index (κ2) is 9.54. The highest BCUT2D eigenvalue weighted by Crippen LogP contribution is 2.36. The zero-order valence-corrected chi connectivity index (χ0v) is 18.4. The van der Waals surface area contributed by atoms with Gasteiger partial charge >= 0.3 is 0 Å². The van der Waals surface area contributed by atoms with E-state index in [2.05, 4.69) is 40.4 Å². The molecular formula is C23H24FN7S. The molecule has 0 radical (unpaired) electrons. The van der Waals surface area contributed by atoms with Gasteiger partial charge in [0.25, 0.3) is 0 Å². The summed E-state index contributed by atoms with van der Waals surface area (Å²) in [4.78, 5) is 23.2. The number of fused-ring (bicyclic) bond motifs is 1. The minimum absolute atomic E-state index is 0.236. The molecule has 1 aliphatic rings. The van der Waals surface area contributed by atoms with E-state index in [0.29, 0.717) is 0 Å². The maximum absolute atomic E-state index is 13.3. The fraction of sp³-hybridized carbons (Fsp3) is 0.304. The molecule has 0 saturated carbocycles. The van der Waals surface area contributed by atoms with E-state index >= 15 is 0 Å². The van der Waals surface area contributed by atoms with Crippen LogP contribution in [0.2, 0.25) is 0 Å². The standard InChI is InChI=1S/C23H24FN7S/c24-18-5-3-17(4-6-18)19-15-32-22-20(19)21(28-16-29-22)25-9-2-10-30-11-13-31(14-12-30)23-26-7-1-8-27-23/h1,3-8,15-16H,2,9-14H2,(H,25,28,29). The summed E-state index contributed by atoms with van der Waals surface area (Å²) in [5.41, 5.74) is 2.00. The molecule has 32 heavy (non-hydrogen) atoms. The lowest BCUT2D eigenvalue weighted by Gasteiger charge is -2.34. The van der Waals surface area contributed by atoms with Gasteiger partial charge in [0.1, 0.15) is 22.8 Å². The molecule has 9 heteroatoms. The van der Waals surface area contributed by atoms with Crippen molar-refractivity contribution in [3.63, 3.8) is 0 Å². The van der Waals surface area contributed by atoms with Gasteiger partial charge in [-0.3, -0.25) is 4.90 Å². The van der Waals surface area contributed by atoms with Crippen molar-refractivity contribution >= 4 is 33.3 Å². The first-order valence-electron chi connectivity index (χ1n) is 10.7. The van der Waals surface area contributed by atoms with E-state index in [1.165, 1.54) is 12.1 Å². The quantitative estimate of drug-likeness (QED) is 0.429. The first-order chi connectivity index (χ1) is 15.8. The van der Waals surface area contributed by atoms with Crippen molar-refractivity contribution in [1.29, 1.82) is 0 Å².